The minimum absolute atomic E-state index is 0.0153. The predicted octanol–water partition coefficient (Wildman–Crippen LogP) is 2.28. The Kier molecular flexibility index (Phi) is 4.41. The standard InChI is InChI=1S/C14H25NO3/c1-8-6-10(11(7-8)13(17)18)12(16)15-9(2)14(3,4)5/h8-11H,6-7H2,1-5H3,(H,15,16)(H,17,18). The van der Waals surface area contributed by atoms with Crippen molar-refractivity contribution in [2.24, 2.45) is 23.2 Å². The second-order valence-electron chi connectivity index (χ2n) is 6.72. The number of carbonyl (C=O) groups excluding carboxylic acids is 1. The van der Waals surface area contributed by atoms with E-state index in [4.69, 9.17) is 5.11 Å². The van der Waals surface area contributed by atoms with E-state index >= 15 is 0 Å². The first-order valence-corrected chi connectivity index (χ1v) is 6.66. The van der Waals surface area contributed by atoms with E-state index < -0.39 is 11.9 Å². The largest absolute Gasteiger partial charge is 0.481 e. The summed E-state index contributed by atoms with van der Waals surface area (Å²) in [5, 5.41) is 12.1. The molecule has 1 saturated carbocycles. The minimum atomic E-state index is -0.845. The average molecular weight is 255 g/mol. The van der Waals surface area contributed by atoms with E-state index in [1.807, 2.05) is 13.8 Å². The fraction of sp³-hybridized carbons (Fsp3) is 0.857. The number of nitrogens with one attached hydrogen (secondary N) is 1. The first kappa shape index (κ1) is 15.0. The Hall–Kier alpha value is -1.06. The second-order valence-corrected chi connectivity index (χ2v) is 6.72. The van der Waals surface area contributed by atoms with Crippen molar-refractivity contribution in [1.82, 2.24) is 5.32 Å². The molecule has 0 spiro atoms. The van der Waals surface area contributed by atoms with Crippen LogP contribution in [0, 0.1) is 23.2 Å². The van der Waals surface area contributed by atoms with Crippen LogP contribution in [0.3, 0.4) is 0 Å². The third kappa shape index (κ3) is 3.47. The van der Waals surface area contributed by atoms with Crippen molar-refractivity contribution >= 4 is 11.9 Å². The van der Waals surface area contributed by atoms with Crippen molar-refractivity contribution < 1.29 is 14.7 Å². The van der Waals surface area contributed by atoms with Crippen LogP contribution in [-0.2, 0) is 9.59 Å². The zero-order chi connectivity index (χ0) is 14.1. The van der Waals surface area contributed by atoms with Crippen LogP contribution in [0.1, 0.15) is 47.5 Å². The van der Waals surface area contributed by atoms with E-state index in [2.05, 4.69) is 26.1 Å². The van der Waals surface area contributed by atoms with Crippen LogP contribution in [0.2, 0.25) is 0 Å². The van der Waals surface area contributed by atoms with Crippen LogP contribution in [0.25, 0.3) is 0 Å². The molecule has 2 N–H and O–H groups in total. The molecule has 1 fully saturated rings. The average Bonchev–Trinajstić information content (AvgIpc) is 2.58. The van der Waals surface area contributed by atoms with Gasteiger partial charge in [-0.2, -0.15) is 0 Å². The number of hydrogen-bond donors (Lipinski definition) is 2. The van der Waals surface area contributed by atoms with Gasteiger partial charge < -0.3 is 10.4 Å². The maximum absolute atomic E-state index is 12.2. The van der Waals surface area contributed by atoms with Crippen LogP contribution < -0.4 is 5.32 Å². The highest BCUT2D eigenvalue weighted by molar-refractivity contribution is 5.85. The van der Waals surface area contributed by atoms with Gasteiger partial charge in [0.2, 0.25) is 5.91 Å². The number of rotatable bonds is 3. The predicted molar refractivity (Wildman–Crippen MR) is 70.1 cm³/mol. The maximum atomic E-state index is 12.2. The quantitative estimate of drug-likeness (QED) is 0.813. The third-order valence-corrected chi connectivity index (χ3v) is 4.11. The van der Waals surface area contributed by atoms with Gasteiger partial charge in [-0.05, 0) is 31.1 Å². The Morgan fingerprint density at radius 2 is 1.72 bits per heavy atom. The highest BCUT2D eigenvalue weighted by Gasteiger charge is 2.41. The van der Waals surface area contributed by atoms with Gasteiger partial charge in [0.25, 0.3) is 0 Å². The molecule has 0 aromatic rings. The normalized spacial score (nSPS) is 29.9. The lowest BCUT2D eigenvalue weighted by molar-refractivity contribution is -0.146. The number of carboxylic acid groups (broad SMARTS) is 1. The van der Waals surface area contributed by atoms with Gasteiger partial charge in [0.15, 0.2) is 0 Å². The summed E-state index contributed by atoms with van der Waals surface area (Å²) in [4.78, 5) is 23.4. The first-order valence-electron chi connectivity index (χ1n) is 6.66. The van der Waals surface area contributed by atoms with E-state index in [9.17, 15) is 9.59 Å². The van der Waals surface area contributed by atoms with Gasteiger partial charge in [-0.3, -0.25) is 9.59 Å². The second kappa shape index (κ2) is 5.29. The molecule has 4 nitrogen and oxygen atoms in total. The summed E-state index contributed by atoms with van der Waals surface area (Å²) in [6.07, 6.45) is 1.29. The van der Waals surface area contributed by atoms with E-state index in [-0.39, 0.29) is 23.3 Å². The molecule has 0 bridgehead atoms. The van der Waals surface area contributed by atoms with Gasteiger partial charge in [-0.1, -0.05) is 27.7 Å². The molecular formula is C14H25NO3. The lowest BCUT2D eigenvalue weighted by Crippen LogP contribution is -2.45. The summed E-state index contributed by atoms with van der Waals surface area (Å²) < 4.78 is 0. The molecule has 0 aromatic carbocycles. The van der Waals surface area contributed by atoms with Crippen LogP contribution in [0.5, 0.6) is 0 Å². The lowest BCUT2D eigenvalue weighted by Gasteiger charge is -2.29. The van der Waals surface area contributed by atoms with Gasteiger partial charge in [-0.25, -0.2) is 0 Å². The molecule has 1 rings (SSSR count). The molecule has 4 heteroatoms. The highest BCUT2D eigenvalue weighted by atomic mass is 16.4. The number of hydrogen-bond acceptors (Lipinski definition) is 2. The summed E-state index contributed by atoms with van der Waals surface area (Å²) >= 11 is 0. The molecule has 4 atom stereocenters. The van der Waals surface area contributed by atoms with Crippen LogP contribution in [-0.4, -0.2) is 23.0 Å². The molecule has 0 saturated heterocycles. The minimum Gasteiger partial charge on any atom is -0.481 e. The Morgan fingerprint density at radius 1 is 1.22 bits per heavy atom. The molecule has 0 aromatic heterocycles. The Bertz CT molecular complexity index is 332. The van der Waals surface area contributed by atoms with Crippen molar-refractivity contribution in [3.05, 3.63) is 0 Å². The van der Waals surface area contributed by atoms with Crippen LogP contribution in [0.4, 0.5) is 0 Å². The fourth-order valence-electron chi connectivity index (χ4n) is 2.39. The Morgan fingerprint density at radius 3 is 2.17 bits per heavy atom. The monoisotopic (exact) mass is 255 g/mol. The summed E-state index contributed by atoms with van der Waals surface area (Å²) in [7, 11) is 0. The summed E-state index contributed by atoms with van der Waals surface area (Å²) in [6.45, 7) is 10.2. The molecule has 1 amide bonds. The van der Waals surface area contributed by atoms with E-state index in [0.717, 1.165) is 0 Å². The highest BCUT2D eigenvalue weighted by Crippen LogP contribution is 2.36. The van der Waals surface area contributed by atoms with Crippen molar-refractivity contribution in [2.75, 3.05) is 0 Å². The molecule has 18 heavy (non-hydrogen) atoms. The molecule has 0 radical (unpaired) electrons. The Labute approximate surface area is 109 Å². The van der Waals surface area contributed by atoms with Crippen LogP contribution >= 0.6 is 0 Å². The van der Waals surface area contributed by atoms with E-state index in [0.29, 0.717) is 18.8 Å². The molecule has 0 aliphatic heterocycles. The fourth-order valence-corrected chi connectivity index (χ4v) is 2.39. The molecular weight excluding hydrogens is 230 g/mol. The van der Waals surface area contributed by atoms with Gasteiger partial charge in [0.1, 0.15) is 0 Å². The number of amides is 1. The zero-order valence-electron chi connectivity index (χ0n) is 12.0. The van der Waals surface area contributed by atoms with Crippen molar-refractivity contribution in [2.45, 2.75) is 53.5 Å². The molecule has 4 unspecified atom stereocenters. The number of carbonyl (C=O) groups is 2. The number of carboxylic acids is 1. The van der Waals surface area contributed by atoms with Crippen molar-refractivity contribution in [3.8, 4) is 0 Å². The Balaban J connectivity index is 2.69. The molecule has 0 heterocycles. The van der Waals surface area contributed by atoms with Crippen molar-refractivity contribution in [3.63, 3.8) is 0 Å². The van der Waals surface area contributed by atoms with Crippen LogP contribution in [0.15, 0.2) is 0 Å². The molecule has 1 aliphatic carbocycles. The third-order valence-electron chi connectivity index (χ3n) is 4.11. The molecule has 1 aliphatic rings. The summed E-state index contributed by atoms with van der Waals surface area (Å²) in [5.41, 5.74) is -0.0153. The summed E-state index contributed by atoms with van der Waals surface area (Å²) in [6, 6.07) is 0.0374. The van der Waals surface area contributed by atoms with Crippen molar-refractivity contribution in [1.29, 1.82) is 0 Å². The van der Waals surface area contributed by atoms with Gasteiger partial charge in [0, 0.05) is 6.04 Å². The number of aliphatic carboxylic acids is 1. The van der Waals surface area contributed by atoms with E-state index in [1.54, 1.807) is 0 Å². The zero-order valence-corrected chi connectivity index (χ0v) is 12.0. The summed E-state index contributed by atoms with van der Waals surface area (Å²) in [5.74, 6) is -1.53. The first-order chi connectivity index (χ1) is 8.12. The van der Waals surface area contributed by atoms with Gasteiger partial charge in [-0.15, -0.1) is 0 Å². The SMILES string of the molecule is CC1CC(C(=O)O)C(C(=O)NC(C)C(C)(C)C)C1. The smallest absolute Gasteiger partial charge is 0.307 e. The molecule has 104 valence electrons. The topological polar surface area (TPSA) is 66.4 Å². The maximum Gasteiger partial charge on any atom is 0.307 e. The van der Waals surface area contributed by atoms with Gasteiger partial charge in [0.05, 0.1) is 11.8 Å². The lowest BCUT2D eigenvalue weighted by atomic mass is 9.87. The van der Waals surface area contributed by atoms with E-state index in [1.165, 1.54) is 0 Å². The van der Waals surface area contributed by atoms with Gasteiger partial charge >= 0.3 is 5.97 Å².